The molecule has 5 heteroatoms. The molecule has 1 aromatic heterocycles. The van der Waals surface area contributed by atoms with Crippen molar-refractivity contribution in [2.75, 3.05) is 10.6 Å². The van der Waals surface area contributed by atoms with Crippen molar-refractivity contribution in [2.24, 2.45) is 0 Å². The Balaban J connectivity index is 1.76. The van der Waals surface area contributed by atoms with Gasteiger partial charge in [-0.3, -0.25) is 9.78 Å². The third-order valence-electron chi connectivity index (χ3n) is 3.45. The highest BCUT2D eigenvalue weighted by Gasteiger charge is 2.09. The highest BCUT2D eigenvalue weighted by molar-refractivity contribution is 6.33. The number of aromatic nitrogens is 1. The highest BCUT2D eigenvalue weighted by atomic mass is 35.5. The summed E-state index contributed by atoms with van der Waals surface area (Å²) in [5.74, 6) is -0.262. The molecule has 1 amide bonds. The summed E-state index contributed by atoms with van der Waals surface area (Å²) < 4.78 is 0. The number of rotatable bonds is 4. The number of nitrogens with one attached hydrogen (secondary N) is 2. The fourth-order valence-corrected chi connectivity index (χ4v) is 2.37. The first-order chi connectivity index (χ1) is 11.6. The van der Waals surface area contributed by atoms with E-state index < -0.39 is 0 Å². The fraction of sp³-hybridized carbons (Fsp3) is 0.0526. The van der Waals surface area contributed by atoms with Crippen LogP contribution in [0.5, 0.6) is 0 Å². The van der Waals surface area contributed by atoms with Crippen LogP contribution in [0, 0.1) is 6.92 Å². The lowest BCUT2D eigenvalue weighted by atomic mass is 10.2. The van der Waals surface area contributed by atoms with Gasteiger partial charge in [-0.15, -0.1) is 0 Å². The van der Waals surface area contributed by atoms with Gasteiger partial charge in [0.2, 0.25) is 0 Å². The SMILES string of the molecule is Cc1ccc(NC(=O)c2cc(Nc3ccccc3Cl)ccn2)cc1. The van der Waals surface area contributed by atoms with Crippen molar-refractivity contribution < 1.29 is 4.79 Å². The summed E-state index contributed by atoms with van der Waals surface area (Å²) in [6.07, 6.45) is 1.59. The van der Waals surface area contributed by atoms with Gasteiger partial charge in [-0.25, -0.2) is 0 Å². The molecule has 0 aliphatic carbocycles. The van der Waals surface area contributed by atoms with Crippen molar-refractivity contribution in [3.63, 3.8) is 0 Å². The maximum Gasteiger partial charge on any atom is 0.274 e. The second kappa shape index (κ2) is 7.15. The Bertz CT molecular complexity index is 862. The number of carbonyl (C=O) groups excluding carboxylic acids is 1. The van der Waals surface area contributed by atoms with Crippen LogP contribution in [0.4, 0.5) is 17.1 Å². The summed E-state index contributed by atoms with van der Waals surface area (Å²) in [5, 5.41) is 6.63. The molecular weight excluding hydrogens is 322 g/mol. The first kappa shape index (κ1) is 16.0. The summed E-state index contributed by atoms with van der Waals surface area (Å²) in [7, 11) is 0. The van der Waals surface area contributed by atoms with E-state index in [2.05, 4.69) is 15.6 Å². The molecule has 0 saturated heterocycles. The van der Waals surface area contributed by atoms with Gasteiger partial charge < -0.3 is 10.6 Å². The van der Waals surface area contributed by atoms with E-state index >= 15 is 0 Å². The zero-order chi connectivity index (χ0) is 16.9. The molecule has 1 heterocycles. The number of anilines is 3. The molecule has 0 spiro atoms. The molecule has 3 aromatic rings. The van der Waals surface area contributed by atoms with E-state index in [1.807, 2.05) is 49.4 Å². The second-order valence-electron chi connectivity index (χ2n) is 5.35. The molecule has 0 aliphatic rings. The predicted octanol–water partition coefficient (Wildman–Crippen LogP) is 5.04. The van der Waals surface area contributed by atoms with E-state index in [0.717, 1.165) is 22.6 Å². The predicted molar refractivity (Wildman–Crippen MR) is 98.1 cm³/mol. The van der Waals surface area contributed by atoms with Crippen LogP contribution in [0.15, 0.2) is 66.9 Å². The number of benzene rings is 2. The topological polar surface area (TPSA) is 54.0 Å². The van der Waals surface area contributed by atoms with Crippen LogP contribution in [0.25, 0.3) is 0 Å². The van der Waals surface area contributed by atoms with Crippen LogP contribution in [0.1, 0.15) is 16.1 Å². The van der Waals surface area contributed by atoms with Gasteiger partial charge in [0.1, 0.15) is 5.69 Å². The normalized spacial score (nSPS) is 10.2. The summed E-state index contributed by atoms with van der Waals surface area (Å²) in [4.78, 5) is 16.5. The van der Waals surface area contributed by atoms with Crippen molar-refractivity contribution in [1.82, 2.24) is 4.98 Å². The van der Waals surface area contributed by atoms with Crippen LogP contribution in [-0.4, -0.2) is 10.9 Å². The van der Waals surface area contributed by atoms with E-state index in [4.69, 9.17) is 11.6 Å². The van der Waals surface area contributed by atoms with Crippen molar-refractivity contribution in [3.05, 3.63) is 83.1 Å². The Kier molecular flexibility index (Phi) is 4.77. The quantitative estimate of drug-likeness (QED) is 0.701. The van der Waals surface area contributed by atoms with Gasteiger partial charge in [-0.2, -0.15) is 0 Å². The number of para-hydroxylation sites is 1. The summed E-state index contributed by atoms with van der Waals surface area (Å²) in [6.45, 7) is 2.00. The molecule has 3 rings (SSSR count). The molecule has 2 aromatic carbocycles. The van der Waals surface area contributed by atoms with E-state index in [-0.39, 0.29) is 5.91 Å². The summed E-state index contributed by atoms with van der Waals surface area (Å²) >= 11 is 6.14. The van der Waals surface area contributed by atoms with Crippen molar-refractivity contribution >= 4 is 34.6 Å². The zero-order valence-corrected chi connectivity index (χ0v) is 13.8. The third-order valence-corrected chi connectivity index (χ3v) is 3.78. The van der Waals surface area contributed by atoms with Gasteiger partial charge in [-0.05, 0) is 43.3 Å². The van der Waals surface area contributed by atoms with E-state index in [9.17, 15) is 4.79 Å². The number of pyridine rings is 1. The lowest BCUT2D eigenvalue weighted by Crippen LogP contribution is -2.13. The van der Waals surface area contributed by atoms with Crippen molar-refractivity contribution in [2.45, 2.75) is 6.92 Å². The summed E-state index contributed by atoms with van der Waals surface area (Å²) in [5.41, 5.74) is 3.71. The zero-order valence-electron chi connectivity index (χ0n) is 13.1. The Morgan fingerprint density at radius 1 is 1.00 bits per heavy atom. The maximum atomic E-state index is 12.3. The molecular formula is C19H16ClN3O. The molecule has 0 bridgehead atoms. The highest BCUT2D eigenvalue weighted by Crippen LogP contribution is 2.25. The molecule has 4 nitrogen and oxygen atoms in total. The number of aryl methyl sites for hydroxylation is 1. The molecule has 0 aliphatic heterocycles. The Morgan fingerprint density at radius 2 is 1.75 bits per heavy atom. The number of amides is 1. The van der Waals surface area contributed by atoms with Crippen LogP contribution in [-0.2, 0) is 0 Å². The molecule has 0 fully saturated rings. The number of hydrogen-bond donors (Lipinski definition) is 2. The molecule has 0 atom stereocenters. The number of carbonyl (C=O) groups is 1. The molecule has 0 saturated carbocycles. The van der Waals surface area contributed by atoms with Gasteiger partial charge in [0.25, 0.3) is 5.91 Å². The Labute approximate surface area is 145 Å². The first-order valence-corrected chi connectivity index (χ1v) is 7.85. The molecule has 24 heavy (non-hydrogen) atoms. The number of halogens is 1. The van der Waals surface area contributed by atoms with Crippen LogP contribution in [0.3, 0.4) is 0 Å². The first-order valence-electron chi connectivity index (χ1n) is 7.47. The number of nitrogens with zero attached hydrogens (tertiary/aromatic N) is 1. The van der Waals surface area contributed by atoms with Crippen LogP contribution in [0.2, 0.25) is 5.02 Å². The summed E-state index contributed by atoms with van der Waals surface area (Å²) in [6, 6.07) is 18.5. The minimum absolute atomic E-state index is 0.262. The van der Waals surface area contributed by atoms with Gasteiger partial charge in [0.05, 0.1) is 10.7 Å². The van der Waals surface area contributed by atoms with Crippen LogP contribution < -0.4 is 10.6 Å². The smallest absolute Gasteiger partial charge is 0.274 e. The van der Waals surface area contributed by atoms with Crippen LogP contribution >= 0.6 is 11.6 Å². The van der Waals surface area contributed by atoms with Crippen molar-refractivity contribution in [3.8, 4) is 0 Å². The lowest BCUT2D eigenvalue weighted by Gasteiger charge is -2.10. The Hall–Kier alpha value is -2.85. The second-order valence-corrected chi connectivity index (χ2v) is 5.76. The average Bonchev–Trinajstić information content (AvgIpc) is 2.59. The molecule has 120 valence electrons. The monoisotopic (exact) mass is 337 g/mol. The lowest BCUT2D eigenvalue weighted by molar-refractivity contribution is 0.102. The third kappa shape index (κ3) is 3.91. The largest absolute Gasteiger partial charge is 0.354 e. The molecule has 2 N–H and O–H groups in total. The van der Waals surface area contributed by atoms with Gasteiger partial charge in [-0.1, -0.05) is 41.4 Å². The van der Waals surface area contributed by atoms with E-state index in [0.29, 0.717) is 10.7 Å². The van der Waals surface area contributed by atoms with Gasteiger partial charge >= 0.3 is 0 Å². The molecule has 0 unspecified atom stereocenters. The van der Waals surface area contributed by atoms with E-state index in [1.165, 1.54) is 0 Å². The van der Waals surface area contributed by atoms with E-state index in [1.54, 1.807) is 24.4 Å². The van der Waals surface area contributed by atoms with Crippen molar-refractivity contribution in [1.29, 1.82) is 0 Å². The number of hydrogen-bond acceptors (Lipinski definition) is 3. The Morgan fingerprint density at radius 3 is 2.50 bits per heavy atom. The molecule has 0 radical (unpaired) electrons. The standard InChI is InChI=1S/C19H16ClN3O/c1-13-6-8-14(9-7-13)23-19(24)18-12-15(10-11-21-18)22-17-5-3-2-4-16(17)20/h2-12H,1H3,(H,21,22)(H,23,24). The van der Waals surface area contributed by atoms with Gasteiger partial charge in [0, 0.05) is 17.6 Å². The maximum absolute atomic E-state index is 12.3. The van der Waals surface area contributed by atoms with Gasteiger partial charge in [0.15, 0.2) is 0 Å². The minimum Gasteiger partial charge on any atom is -0.354 e. The average molecular weight is 338 g/mol. The minimum atomic E-state index is -0.262. The fourth-order valence-electron chi connectivity index (χ4n) is 2.18.